The Balaban J connectivity index is 1.86. The lowest BCUT2D eigenvalue weighted by Crippen LogP contribution is -2.42. The third kappa shape index (κ3) is 3.81. The molecule has 0 radical (unpaired) electrons. The molecule has 0 aromatic heterocycles. The van der Waals surface area contributed by atoms with E-state index in [2.05, 4.69) is 17.3 Å². The first kappa shape index (κ1) is 15.0. The van der Waals surface area contributed by atoms with Crippen LogP contribution in [0.1, 0.15) is 40.7 Å². The Bertz CT molecular complexity index is 473. The monoisotopic (exact) mass is 275 g/mol. The van der Waals surface area contributed by atoms with E-state index in [0.717, 1.165) is 18.7 Å². The van der Waals surface area contributed by atoms with E-state index in [1.165, 1.54) is 31.4 Å². The van der Waals surface area contributed by atoms with Crippen molar-refractivity contribution in [2.75, 3.05) is 20.1 Å². The Kier molecular flexibility index (Phi) is 5.15. The smallest absolute Gasteiger partial charge is 0.248 e. The average molecular weight is 275 g/mol. The zero-order valence-corrected chi connectivity index (χ0v) is 12.5. The van der Waals surface area contributed by atoms with E-state index in [1.54, 1.807) is 6.07 Å². The summed E-state index contributed by atoms with van der Waals surface area (Å²) in [7, 11) is 2.21. The van der Waals surface area contributed by atoms with Crippen molar-refractivity contribution in [3.8, 4) is 0 Å². The summed E-state index contributed by atoms with van der Waals surface area (Å²) < 4.78 is 0. The number of benzene rings is 1. The van der Waals surface area contributed by atoms with Gasteiger partial charge < -0.3 is 16.0 Å². The maximum Gasteiger partial charge on any atom is 0.248 e. The minimum atomic E-state index is -0.364. The van der Waals surface area contributed by atoms with Crippen LogP contribution >= 0.6 is 0 Å². The Labute approximate surface area is 121 Å². The molecule has 1 fully saturated rings. The van der Waals surface area contributed by atoms with Crippen molar-refractivity contribution in [1.82, 2.24) is 10.2 Å². The molecule has 3 N–H and O–H groups in total. The first-order chi connectivity index (χ1) is 9.58. The molecule has 1 aliphatic heterocycles. The van der Waals surface area contributed by atoms with Crippen LogP contribution < -0.4 is 11.1 Å². The lowest BCUT2D eigenvalue weighted by Gasteiger charge is -2.32. The zero-order chi connectivity index (χ0) is 14.5. The SMILES string of the molecule is Cc1cc(C(N)=O)ccc1CNCC1CCCCN1C. The number of piperidine rings is 1. The number of carbonyl (C=O) groups is 1. The highest BCUT2D eigenvalue weighted by Gasteiger charge is 2.18. The molecule has 4 heteroatoms. The molecular formula is C16H25N3O. The Morgan fingerprint density at radius 1 is 1.45 bits per heavy atom. The van der Waals surface area contributed by atoms with E-state index < -0.39 is 0 Å². The molecule has 1 aromatic carbocycles. The largest absolute Gasteiger partial charge is 0.366 e. The fraction of sp³-hybridized carbons (Fsp3) is 0.562. The van der Waals surface area contributed by atoms with Crippen molar-refractivity contribution in [3.05, 3.63) is 34.9 Å². The van der Waals surface area contributed by atoms with Crippen molar-refractivity contribution < 1.29 is 4.79 Å². The topological polar surface area (TPSA) is 58.4 Å². The minimum absolute atomic E-state index is 0.364. The van der Waals surface area contributed by atoms with E-state index in [4.69, 9.17) is 5.73 Å². The molecule has 0 spiro atoms. The number of hydrogen-bond donors (Lipinski definition) is 2. The third-order valence-electron chi connectivity index (χ3n) is 4.24. The first-order valence-electron chi connectivity index (χ1n) is 7.38. The lowest BCUT2D eigenvalue weighted by molar-refractivity contribution is 0.1000. The number of hydrogen-bond acceptors (Lipinski definition) is 3. The number of nitrogens with one attached hydrogen (secondary N) is 1. The molecule has 1 aliphatic rings. The van der Waals surface area contributed by atoms with Crippen molar-refractivity contribution >= 4 is 5.91 Å². The Morgan fingerprint density at radius 3 is 2.90 bits per heavy atom. The summed E-state index contributed by atoms with van der Waals surface area (Å²) in [6.45, 7) is 5.09. The van der Waals surface area contributed by atoms with Crippen molar-refractivity contribution in [2.24, 2.45) is 5.73 Å². The third-order valence-corrected chi connectivity index (χ3v) is 4.24. The second-order valence-electron chi connectivity index (χ2n) is 5.77. The van der Waals surface area contributed by atoms with E-state index >= 15 is 0 Å². The predicted molar refractivity (Wildman–Crippen MR) is 81.7 cm³/mol. The Hall–Kier alpha value is -1.39. The van der Waals surface area contributed by atoms with E-state index in [-0.39, 0.29) is 5.91 Å². The number of nitrogens with two attached hydrogens (primary N) is 1. The Morgan fingerprint density at radius 2 is 2.25 bits per heavy atom. The van der Waals surface area contributed by atoms with Gasteiger partial charge in [0.2, 0.25) is 5.91 Å². The standard InChI is InChI=1S/C16H25N3O/c1-12-9-13(16(17)20)6-7-14(12)10-18-11-15-5-3-4-8-19(15)2/h6-7,9,15,18H,3-5,8,10-11H2,1-2H3,(H2,17,20). The van der Waals surface area contributed by atoms with Crippen LogP contribution in [-0.4, -0.2) is 37.0 Å². The molecule has 0 aliphatic carbocycles. The molecule has 20 heavy (non-hydrogen) atoms. The molecule has 1 heterocycles. The van der Waals surface area contributed by atoms with Gasteiger partial charge in [-0.2, -0.15) is 0 Å². The van der Waals surface area contributed by atoms with Gasteiger partial charge in [0.1, 0.15) is 0 Å². The molecular weight excluding hydrogens is 250 g/mol. The van der Waals surface area contributed by atoms with Crippen LogP contribution in [0.15, 0.2) is 18.2 Å². The van der Waals surface area contributed by atoms with Gasteiger partial charge in [0, 0.05) is 24.7 Å². The molecule has 1 amide bonds. The fourth-order valence-corrected chi connectivity index (χ4v) is 2.82. The second kappa shape index (κ2) is 6.86. The normalized spacial score (nSPS) is 20.0. The van der Waals surface area contributed by atoms with E-state index in [9.17, 15) is 4.79 Å². The van der Waals surface area contributed by atoms with Gasteiger partial charge in [-0.1, -0.05) is 12.5 Å². The van der Waals surface area contributed by atoms with Crippen molar-refractivity contribution in [2.45, 2.75) is 38.8 Å². The van der Waals surface area contributed by atoms with Gasteiger partial charge >= 0.3 is 0 Å². The minimum Gasteiger partial charge on any atom is -0.366 e. The van der Waals surface area contributed by atoms with Crippen LogP contribution in [0.5, 0.6) is 0 Å². The van der Waals surface area contributed by atoms with Gasteiger partial charge in [0.25, 0.3) is 0 Å². The van der Waals surface area contributed by atoms with Gasteiger partial charge in [-0.3, -0.25) is 4.79 Å². The molecule has 4 nitrogen and oxygen atoms in total. The summed E-state index contributed by atoms with van der Waals surface area (Å²) in [6, 6.07) is 6.31. The van der Waals surface area contributed by atoms with Gasteiger partial charge in [0.15, 0.2) is 0 Å². The van der Waals surface area contributed by atoms with E-state index in [0.29, 0.717) is 11.6 Å². The predicted octanol–water partition coefficient (Wildman–Crippen LogP) is 1.67. The van der Waals surface area contributed by atoms with Crippen LogP contribution in [0.4, 0.5) is 0 Å². The summed E-state index contributed by atoms with van der Waals surface area (Å²) in [6.07, 6.45) is 3.94. The highest BCUT2D eigenvalue weighted by molar-refractivity contribution is 5.93. The van der Waals surface area contributed by atoms with Gasteiger partial charge in [-0.05, 0) is 56.6 Å². The molecule has 1 atom stereocenters. The fourth-order valence-electron chi connectivity index (χ4n) is 2.82. The summed E-state index contributed by atoms with van der Waals surface area (Å²) >= 11 is 0. The summed E-state index contributed by atoms with van der Waals surface area (Å²) in [5, 5.41) is 3.53. The van der Waals surface area contributed by atoms with Crippen molar-refractivity contribution in [3.63, 3.8) is 0 Å². The number of likely N-dealkylation sites (tertiary alicyclic amines) is 1. The van der Waals surface area contributed by atoms with Crippen LogP contribution in [0.3, 0.4) is 0 Å². The molecule has 110 valence electrons. The van der Waals surface area contributed by atoms with Gasteiger partial charge in [-0.15, -0.1) is 0 Å². The average Bonchev–Trinajstić information content (AvgIpc) is 2.42. The number of primary amides is 1. The maximum absolute atomic E-state index is 11.1. The first-order valence-corrected chi connectivity index (χ1v) is 7.38. The number of amides is 1. The summed E-state index contributed by atoms with van der Waals surface area (Å²) in [4.78, 5) is 13.6. The molecule has 0 bridgehead atoms. The number of aryl methyl sites for hydroxylation is 1. The van der Waals surface area contributed by atoms with E-state index in [1.807, 2.05) is 19.1 Å². The lowest BCUT2D eigenvalue weighted by atomic mass is 10.0. The van der Waals surface area contributed by atoms with Crippen LogP contribution in [0.25, 0.3) is 0 Å². The zero-order valence-electron chi connectivity index (χ0n) is 12.5. The number of likely N-dealkylation sites (N-methyl/N-ethyl adjacent to an activating group) is 1. The van der Waals surface area contributed by atoms with Crippen LogP contribution in [0.2, 0.25) is 0 Å². The van der Waals surface area contributed by atoms with Crippen molar-refractivity contribution in [1.29, 1.82) is 0 Å². The molecule has 1 saturated heterocycles. The summed E-state index contributed by atoms with van der Waals surface area (Å²) in [5.41, 5.74) is 8.21. The molecule has 1 aromatic rings. The highest BCUT2D eigenvalue weighted by atomic mass is 16.1. The number of nitrogens with zero attached hydrogens (tertiary/aromatic N) is 1. The molecule has 0 saturated carbocycles. The number of carbonyl (C=O) groups excluding carboxylic acids is 1. The molecule has 2 rings (SSSR count). The van der Waals surface area contributed by atoms with Crippen LogP contribution in [0, 0.1) is 6.92 Å². The quantitative estimate of drug-likeness (QED) is 0.859. The number of rotatable bonds is 5. The van der Waals surface area contributed by atoms with Crippen LogP contribution in [-0.2, 0) is 6.54 Å². The van der Waals surface area contributed by atoms with Gasteiger partial charge in [-0.25, -0.2) is 0 Å². The molecule has 1 unspecified atom stereocenters. The van der Waals surface area contributed by atoms with Gasteiger partial charge in [0.05, 0.1) is 0 Å². The maximum atomic E-state index is 11.1. The second-order valence-corrected chi connectivity index (χ2v) is 5.77. The summed E-state index contributed by atoms with van der Waals surface area (Å²) in [5.74, 6) is -0.364. The highest BCUT2D eigenvalue weighted by Crippen LogP contribution is 2.15.